The first kappa shape index (κ1) is 15.3. The molecule has 18 heavy (non-hydrogen) atoms. The fourth-order valence-electron chi connectivity index (χ4n) is 1.89. The van der Waals surface area contributed by atoms with E-state index in [-0.39, 0.29) is 12.6 Å². The average molecular weight is 271 g/mol. The van der Waals surface area contributed by atoms with E-state index in [0.717, 1.165) is 42.1 Å². The highest BCUT2D eigenvalue weighted by Gasteiger charge is 2.08. The zero-order valence-electron chi connectivity index (χ0n) is 11.2. The van der Waals surface area contributed by atoms with E-state index in [0.29, 0.717) is 0 Å². The molecule has 0 fully saturated rings. The number of rotatable bonds is 7. The molecule has 102 valence electrons. The quantitative estimate of drug-likeness (QED) is 0.749. The molecule has 1 atom stereocenters. The van der Waals surface area contributed by atoms with Crippen LogP contribution in [0.1, 0.15) is 37.8 Å². The summed E-state index contributed by atoms with van der Waals surface area (Å²) >= 11 is 6.21. The summed E-state index contributed by atoms with van der Waals surface area (Å²) in [5.74, 6) is 0. The molecule has 4 heteroatoms. The molecule has 1 rings (SSSR count). The van der Waals surface area contributed by atoms with Gasteiger partial charge in [-0.05, 0) is 43.9 Å². The van der Waals surface area contributed by atoms with Crippen LogP contribution in [0.5, 0.6) is 0 Å². The normalized spacial score (nSPS) is 12.5. The summed E-state index contributed by atoms with van der Waals surface area (Å²) in [5, 5.41) is 9.45. The number of anilines is 1. The van der Waals surface area contributed by atoms with Crippen molar-refractivity contribution >= 4 is 17.3 Å². The van der Waals surface area contributed by atoms with Crippen LogP contribution in [0.25, 0.3) is 0 Å². The van der Waals surface area contributed by atoms with Crippen molar-refractivity contribution in [2.75, 3.05) is 25.1 Å². The van der Waals surface area contributed by atoms with Crippen molar-refractivity contribution < 1.29 is 5.11 Å². The van der Waals surface area contributed by atoms with E-state index in [9.17, 15) is 0 Å². The van der Waals surface area contributed by atoms with E-state index in [2.05, 4.69) is 18.0 Å². The Bertz CT molecular complexity index is 369. The Morgan fingerprint density at radius 1 is 1.33 bits per heavy atom. The van der Waals surface area contributed by atoms with Crippen molar-refractivity contribution in [3.8, 4) is 0 Å². The number of benzene rings is 1. The van der Waals surface area contributed by atoms with E-state index < -0.39 is 0 Å². The molecule has 0 aliphatic heterocycles. The largest absolute Gasteiger partial charge is 0.396 e. The molecule has 0 saturated heterocycles. The van der Waals surface area contributed by atoms with Gasteiger partial charge in [-0.3, -0.25) is 0 Å². The van der Waals surface area contributed by atoms with Crippen molar-refractivity contribution in [1.29, 1.82) is 0 Å². The summed E-state index contributed by atoms with van der Waals surface area (Å²) in [4.78, 5) is 2.17. The number of nitrogens with zero attached hydrogens (tertiary/aromatic N) is 1. The van der Waals surface area contributed by atoms with Crippen molar-refractivity contribution in [2.45, 2.75) is 32.2 Å². The Morgan fingerprint density at radius 2 is 2.06 bits per heavy atom. The van der Waals surface area contributed by atoms with Gasteiger partial charge in [0.25, 0.3) is 0 Å². The first-order valence-electron chi connectivity index (χ1n) is 6.43. The van der Waals surface area contributed by atoms with E-state index in [1.54, 1.807) is 0 Å². The van der Waals surface area contributed by atoms with E-state index in [1.807, 2.05) is 19.1 Å². The van der Waals surface area contributed by atoms with Gasteiger partial charge in [-0.15, -0.1) is 0 Å². The van der Waals surface area contributed by atoms with Gasteiger partial charge >= 0.3 is 0 Å². The Balaban J connectivity index is 2.58. The highest BCUT2D eigenvalue weighted by atomic mass is 35.5. The van der Waals surface area contributed by atoms with Crippen LogP contribution in [-0.2, 0) is 0 Å². The minimum absolute atomic E-state index is 0.0404. The van der Waals surface area contributed by atoms with Gasteiger partial charge in [0.2, 0.25) is 0 Å². The van der Waals surface area contributed by atoms with Crippen molar-refractivity contribution in [1.82, 2.24) is 0 Å². The van der Waals surface area contributed by atoms with Gasteiger partial charge in [0.05, 0.1) is 0 Å². The summed E-state index contributed by atoms with van der Waals surface area (Å²) in [6, 6.07) is 5.97. The molecule has 1 unspecified atom stereocenters. The van der Waals surface area contributed by atoms with Gasteiger partial charge in [0.15, 0.2) is 0 Å². The highest BCUT2D eigenvalue weighted by Crippen LogP contribution is 2.26. The van der Waals surface area contributed by atoms with Gasteiger partial charge in [-0.25, -0.2) is 0 Å². The second-order valence-corrected chi connectivity index (χ2v) is 5.11. The molecule has 3 nitrogen and oxygen atoms in total. The maximum absolute atomic E-state index is 8.72. The first-order chi connectivity index (χ1) is 8.56. The lowest BCUT2D eigenvalue weighted by Gasteiger charge is -2.20. The minimum atomic E-state index is -0.0404. The average Bonchev–Trinajstić information content (AvgIpc) is 2.33. The molecule has 1 aromatic carbocycles. The number of hydrogen-bond donors (Lipinski definition) is 2. The predicted molar refractivity (Wildman–Crippen MR) is 78.3 cm³/mol. The van der Waals surface area contributed by atoms with Crippen LogP contribution in [0.3, 0.4) is 0 Å². The SMILES string of the molecule is CC(N)c1ccc(N(C)CCCCCO)cc1Cl. The summed E-state index contributed by atoms with van der Waals surface area (Å²) in [6.45, 7) is 3.17. The maximum Gasteiger partial charge on any atom is 0.0474 e. The minimum Gasteiger partial charge on any atom is -0.396 e. The molecule has 0 spiro atoms. The number of unbranched alkanes of at least 4 members (excludes halogenated alkanes) is 2. The Labute approximate surface area is 115 Å². The third-order valence-electron chi connectivity index (χ3n) is 3.07. The zero-order chi connectivity index (χ0) is 13.5. The zero-order valence-corrected chi connectivity index (χ0v) is 12.0. The summed E-state index contributed by atoms with van der Waals surface area (Å²) in [6.07, 6.45) is 2.99. The molecular weight excluding hydrogens is 248 g/mol. The lowest BCUT2D eigenvalue weighted by Crippen LogP contribution is -2.18. The van der Waals surface area contributed by atoms with Gasteiger partial charge in [0.1, 0.15) is 0 Å². The molecule has 0 bridgehead atoms. The van der Waals surface area contributed by atoms with Crippen LogP contribution < -0.4 is 10.6 Å². The lowest BCUT2D eigenvalue weighted by atomic mass is 10.1. The fraction of sp³-hybridized carbons (Fsp3) is 0.571. The lowest BCUT2D eigenvalue weighted by molar-refractivity contribution is 0.283. The monoisotopic (exact) mass is 270 g/mol. The second-order valence-electron chi connectivity index (χ2n) is 4.70. The van der Waals surface area contributed by atoms with Crippen LogP contribution in [0.2, 0.25) is 5.02 Å². The van der Waals surface area contributed by atoms with E-state index in [4.69, 9.17) is 22.4 Å². The highest BCUT2D eigenvalue weighted by molar-refractivity contribution is 6.31. The number of nitrogens with two attached hydrogens (primary N) is 1. The van der Waals surface area contributed by atoms with E-state index >= 15 is 0 Å². The molecule has 0 aliphatic carbocycles. The topological polar surface area (TPSA) is 49.5 Å². The first-order valence-corrected chi connectivity index (χ1v) is 6.81. The molecule has 0 heterocycles. The fourth-order valence-corrected chi connectivity index (χ4v) is 2.24. The summed E-state index contributed by atoms with van der Waals surface area (Å²) < 4.78 is 0. The molecule has 0 amide bonds. The number of hydrogen-bond acceptors (Lipinski definition) is 3. The van der Waals surface area contributed by atoms with Crippen LogP contribution in [-0.4, -0.2) is 25.3 Å². The maximum atomic E-state index is 8.72. The Hall–Kier alpha value is -0.770. The van der Waals surface area contributed by atoms with Crippen LogP contribution in [0.15, 0.2) is 18.2 Å². The molecule has 0 radical (unpaired) electrons. The number of aliphatic hydroxyl groups excluding tert-OH is 1. The second kappa shape index (κ2) is 7.62. The van der Waals surface area contributed by atoms with Crippen molar-refractivity contribution in [2.24, 2.45) is 5.73 Å². The van der Waals surface area contributed by atoms with Crippen LogP contribution in [0.4, 0.5) is 5.69 Å². The van der Waals surface area contributed by atoms with Crippen LogP contribution in [0, 0.1) is 0 Å². The third-order valence-corrected chi connectivity index (χ3v) is 3.39. The Kier molecular flexibility index (Phi) is 6.47. The third kappa shape index (κ3) is 4.48. The summed E-state index contributed by atoms with van der Waals surface area (Å²) in [7, 11) is 2.05. The van der Waals surface area contributed by atoms with Crippen molar-refractivity contribution in [3.05, 3.63) is 28.8 Å². The van der Waals surface area contributed by atoms with Gasteiger partial charge in [0, 0.05) is 37.0 Å². The standard InChI is InChI=1S/C14H23ClN2O/c1-11(16)13-7-6-12(10-14(13)15)17(2)8-4-3-5-9-18/h6-7,10-11,18H,3-5,8-9,16H2,1-2H3. The van der Waals surface area contributed by atoms with Crippen LogP contribution >= 0.6 is 11.6 Å². The number of aliphatic hydroxyl groups is 1. The van der Waals surface area contributed by atoms with Gasteiger partial charge in [-0.1, -0.05) is 17.7 Å². The molecule has 3 N–H and O–H groups in total. The van der Waals surface area contributed by atoms with Gasteiger partial charge < -0.3 is 15.7 Å². The molecule has 1 aromatic rings. The summed E-state index contributed by atoms with van der Waals surface area (Å²) in [5.41, 5.74) is 7.92. The molecule has 0 aromatic heterocycles. The predicted octanol–water partition coefficient (Wildman–Crippen LogP) is 2.96. The van der Waals surface area contributed by atoms with E-state index in [1.165, 1.54) is 0 Å². The molecular formula is C14H23ClN2O. The molecule has 0 saturated carbocycles. The Morgan fingerprint density at radius 3 is 2.61 bits per heavy atom. The van der Waals surface area contributed by atoms with Gasteiger partial charge in [-0.2, -0.15) is 0 Å². The molecule has 0 aliphatic rings. The van der Waals surface area contributed by atoms with Crippen molar-refractivity contribution in [3.63, 3.8) is 0 Å². The smallest absolute Gasteiger partial charge is 0.0474 e. The number of halogens is 1.